The van der Waals surface area contributed by atoms with Gasteiger partial charge in [-0.15, -0.1) is 0 Å². The Balaban J connectivity index is 1.84. The number of hydrogen-bond acceptors (Lipinski definition) is 3. The van der Waals surface area contributed by atoms with E-state index >= 15 is 0 Å². The normalized spacial score (nSPS) is 27.5. The Morgan fingerprint density at radius 3 is 2.52 bits per heavy atom. The van der Waals surface area contributed by atoms with Gasteiger partial charge in [0.2, 0.25) is 0 Å². The molecule has 0 spiro atoms. The first-order chi connectivity index (χ1) is 10.2. The molecule has 2 heterocycles. The zero-order valence-electron chi connectivity index (χ0n) is 13.8. The number of likely N-dealkylation sites (N-methyl/N-ethyl adjacent to an activating group) is 1. The number of likely N-dealkylation sites (tertiary alicyclic amines) is 1. The van der Waals surface area contributed by atoms with Gasteiger partial charge in [-0.1, -0.05) is 18.2 Å². The zero-order chi connectivity index (χ0) is 14.8. The summed E-state index contributed by atoms with van der Waals surface area (Å²) in [6.07, 6.45) is 5.26. The lowest BCUT2D eigenvalue weighted by atomic mass is 9.98. The smallest absolute Gasteiger partial charge is 0.0415 e. The molecule has 2 atom stereocenters. The van der Waals surface area contributed by atoms with Gasteiger partial charge in [0.15, 0.2) is 0 Å². The Kier molecular flexibility index (Phi) is 4.51. The molecule has 0 bridgehead atoms. The molecule has 2 fully saturated rings. The predicted molar refractivity (Wildman–Crippen MR) is 90.0 cm³/mol. The van der Waals surface area contributed by atoms with Crippen LogP contribution in [0, 0.1) is 0 Å². The van der Waals surface area contributed by atoms with E-state index in [1.165, 1.54) is 56.6 Å². The second kappa shape index (κ2) is 6.37. The summed E-state index contributed by atoms with van der Waals surface area (Å²) in [5.74, 6) is 0. The average Bonchev–Trinajstić information content (AvgIpc) is 2.93. The van der Waals surface area contributed by atoms with Crippen molar-refractivity contribution < 1.29 is 0 Å². The Labute approximate surface area is 129 Å². The topological polar surface area (TPSA) is 9.72 Å². The van der Waals surface area contributed by atoms with Crippen molar-refractivity contribution in [3.63, 3.8) is 0 Å². The van der Waals surface area contributed by atoms with Crippen molar-refractivity contribution >= 4 is 5.69 Å². The SMILES string of the molecule is CN(C)C1CCCN(c2ccccc2C2CCCN2C)C1. The van der Waals surface area contributed by atoms with Crippen molar-refractivity contribution in [2.45, 2.75) is 37.8 Å². The number of anilines is 1. The first kappa shape index (κ1) is 14.9. The standard InChI is InChI=1S/C18H29N3/c1-19(2)15-8-6-13-21(14-15)18-10-5-4-9-16(18)17-11-7-12-20(17)3/h4-5,9-10,15,17H,6-8,11-14H2,1-3H3. The maximum atomic E-state index is 2.62. The monoisotopic (exact) mass is 287 g/mol. The summed E-state index contributed by atoms with van der Waals surface area (Å²) in [5, 5.41) is 0. The van der Waals surface area contributed by atoms with Crippen LogP contribution in [0.5, 0.6) is 0 Å². The second-order valence-corrected chi connectivity index (χ2v) is 6.90. The van der Waals surface area contributed by atoms with E-state index in [1.807, 2.05) is 0 Å². The first-order valence-electron chi connectivity index (χ1n) is 8.37. The highest BCUT2D eigenvalue weighted by Crippen LogP contribution is 2.37. The molecule has 0 radical (unpaired) electrons. The van der Waals surface area contributed by atoms with Gasteiger partial charge in [-0.3, -0.25) is 4.90 Å². The van der Waals surface area contributed by atoms with Crippen LogP contribution in [0.15, 0.2) is 24.3 Å². The summed E-state index contributed by atoms with van der Waals surface area (Å²) < 4.78 is 0. The third-order valence-corrected chi connectivity index (χ3v) is 5.28. The number of piperidine rings is 1. The molecule has 1 aromatic carbocycles. The fraction of sp³-hybridized carbons (Fsp3) is 0.667. The van der Waals surface area contributed by atoms with E-state index in [4.69, 9.17) is 0 Å². The van der Waals surface area contributed by atoms with Gasteiger partial charge in [0.05, 0.1) is 0 Å². The van der Waals surface area contributed by atoms with Crippen LogP contribution in [0.3, 0.4) is 0 Å². The van der Waals surface area contributed by atoms with Crippen LogP contribution in [-0.2, 0) is 0 Å². The van der Waals surface area contributed by atoms with Crippen LogP contribution in [0.2, 0.25) is 0 Å². The third kappa shape index (κ3) is 3.09. The van der Waals surface area contributed by atoms with E-state index < -0.39 is 0 Å². The lowest BCUT2D eigenvalue weighted by Gasteiger charge is -2.39. The highest BCUT2D eigenvalue weighted by atomic mass is 15.2. The molecular weight excluding hydrogens is 258 g/mol. The molecule has 3 rings (SSSR count). The van der Waals surface area contributed by atoms with E-state index in [-0.39, 0.29) is 0 Å². The van der Waals surface area contributed by atoms with E-state index in [2.05, 4.69) is 60.1 Å². The quantitative estimate of drug-likeness (QED) is 0.846. The maximum absolute atomic E-state index is 2.62. The fourth-order valence-electron chi connectivity index (χ4n) is 3.96. The van der Waals surface area contributed by atoms with Crippen LogP contribution < -0.4 is 4.90 Å². The van der Waals surface area contributed by atoms with Gasteiger partial charge in [0.1, 0.15) is 0 Å². The number of para-hydroxylation sites is 1. The molecule has 3 heteroatoms. The minimum Gasteiger partial charge on any atom is -0.370 e. The van der Waals surface area contributed by atoms with Crippen molar-refractivity contribution in [2.75, 3.05) is 45.7 Å². The molecule has 1 aromatic rings. The van der Waals surface area contributed by atoms with E-state index in [1.54, 1.807) is 0 Å². The van der Waals surface area contributed by atoms with Crippen LogP contribution in [0.1, 0.15) is 37.3 Å². The summed E-state index contributed by atoms with van der Waals surface area (Å²) in [7, 11) is 6.70. The molecular formula is C18H29N3. The van der Waals surface area contributed by atoms with Crippen molar-refractivity contribution in [1.29, 1.82) is 0 Å². The number of rotatable bonds is 3. The van der Waals surface area contributed by atoms with Gasteiger partial charge in [-0.25, -0.2) is 0 Å². The van der Waals surface area contributed by atoms with Gasteiger partial charge >= 0.3 is 0 Å². The van der Waals surface area contributed by atoms with Crippen molar-refractivity contribution in [3.05, 3.63) is 29.8 Å². The Hall–Kier alpha value is -1.06. The molecule has 2 saturated heterocycles. The van der Waals surface area contributed by atoms with Crippen LogP contribution in [0.4, 0.5) is 5.69 Å². The molecule has 2 aliphatic heterocycles. The molecule has 0 amide bonds. The van der Waals surface area contributed by atoms with Crippen molar-refractivity contribution in [3.8, 4) is 0 Å². The largest absolute Gasteiger partial charge is 0.370 e. The van der Waals surface area contributed by atoms with Gasteiger partial charge < -0.3 is 9.80 Å². The molecule has 21 heavy (non-hydrogen) atoms. The summed E-state index contributed by atoms with van der Waals surface area (Å²) in [6.45, 7) is 3.61. The van der Waals surface area contributed by atoms with E-state index in [0.29, 0.717) is 12.1 Å². The van der Waals surface area contributed by atoms with E-state index in [0.717, 1.165) is 0 Å². The molecule has 3 nitrogen and oxygen atoms in total. The molecule has 0 saturated carbocycles. The van der Waals surface area contributed by atoms with Crippen molar-refractivity contribution in [1.82, 2.24) is 9.80 Å². The maximum Gasteiger partial charge on any atom is 0.0415 e. The summed E-state index contributed by atoms with van der Waals surface area (Å²) >= 11 is 0. The number of hydrogen-bond donors (Lipinski definition) is 0. The van der Waals surface area contributed by atoms with Gasteiger partial charge in [-0.05, 0) is 65.0 Å². The summed E-state index contributed by atoms with van der Waals surface area (Å²) in [6, 6.07) is 10.4. The van der Waals surface area contributed by atoms with Crippen LogP contribution in [0.25, 0.3) is 0 Å². The molecule has 116 valence electrons. The van der Waals surface area contributed by atoms with Gasteiger partial charge in [0, 0.05) is 30.9 Å². The summed E-state index contributed by atoms with van der Waals surface area (Å²) in [4.78, 5) is 7.53. The first-order valence-corrected chi connectivity index (χ1v) is 8.37. The fourth-order valence-corrected chi connectivity index (χ4v) is 3.96. The van der Waals surface area contributed by atoms with Crippen LogP contribution in [-0.4, -0.2) is 56.6 Å². The Morgan fingerprint density at radius 2 is 1.81 bits per heavy atom. The number of nitrogens with zero attached hydrogens (tertiary/aromatic N) is 3. The lowest BCUT2D eigenvalue weighted by molar-refractivity contribution is 0.257. The Morgan fingerprint density at radius 1 is 1.05 bits per heavy atom. The Bertz CT molecular complexity index is 471. The van der Waals surface area contributed by atoms with E-state index in [9.17, 15) is 0 Å². The van der Waals surface area contributed by atoms with Gasteiger partial charge in [0.25, 0.3) is 0 Å². The molecule has 0 aromatic heterocycles. The summed E-state index contributed by atoms with van der Waals surface area (Å²) in [5.41, 5.74) is 3.01. The minimum absolute atomic E-state index is 0.612. The van der Waals surface area contributed by atoms with Gasteiger partial charge in [-0.2, -0.15) is 0 Å². The minimum atomic E-state index is 0.612. The highest BCUT2D eigenvalue weighted by molar-refractivity contribution is 5.55. The highest BCUT2D eigenvalue weighted by Gasteiger charge is 2.28. The molecule has 2 unspecified atom stereocenters. The number of benzene rings is 1. The molecule has 0 aliphatic carbocycles. The van der Waals surface area contributed by atoms with Crippen LogP contribution >= 0.6 is 0 Å². The lowest BCUT2D eigenvalue weighted by Crippen LogP contribution is -2.45. The second-order valence-electron chi connectivity index (χ2n) is 6.90. The zero-order valence-corrected chi connectivity index (χ0v) is 13.8. The molecule has 0 N–H and O–H groups in total. The average molecular weight is 287 g/mol. The molecule has 2 aliphatic rings. The van der Waals surface area contributed by atoms with Crippen molar-refractivity contribution in [2.24, 2.45) is 0 Å². The predicted octanol–water partition coefficient (Wildman–Crippen LogP) is 2.98. The third-order valence-electron chi connectivity index (χ3n) is 5.28.